The van der Waals surface area contributed by atoms with Crippen LogP contribution >= 0.6 is 0 Å². The van der Waals surface area contributed by atoms with E-state index in [0.717, 1.165) is 0 Å². The highest BCUT2D eigenvalue weighted by Gasteiger charge is 2.44. The fourth-order valence-corrected chi connectivity index (χ4v) is 1.03. The largest absolute Gasteiger partial charge is 0.284 e. The van der Waals surface area contributed by atoms with E-state index in [-0.39, 0.29) is 12.8 Å². The van der Waals surface area contributed by atoms with Crippen molar-refractivity contribution < 1.29 is 9.85 Å². The van der Waals surface area contributed by atoms with Crippen molar-refractivity contribution in [2.45, 2.75) is 32.2 Å². The van der Waals surface area contributed by atoms with Crippen molar-refractivity contribution in [2.24, 2.45) is 0 Å². The molecule has 0 saturated heterocycles. The number of nitro groups is 2. The number of rotatable bonds is 5. The Labute approximate surface area is 69.9 Å². The lowest BCUT2D eigenvalue weighted by Gasteiger charge is -2.17. The first-order chi connectivity index (χ1) is 5.48. The van der Waals surface area contributed by atoms with Crippen LogP contribution in [0.25, 0.3) is 0 Å². The van der Waals surface area contributed by atoms with Crippen LogP contribution in [-0.2, 0) is 0 Å². The van der Waals surface area contributed by atoms with Gasteiger partial charge < -0.3 is 0 Å². The first kappa shape index (κ1) is 10.8. The fourth-order valence-electron chi connectivity index (χ4n) is 1.03. The molecule has 0 aromatic carbocycles. The van der Waals surface area contributed by atoms with Crippen molar-refractivity contribution in [3.05, 3.63) is 20.2 Å². The molecule has 0 spiro atoms. The van der Waals surface area contributed by atoms with Gasteiger partial charge in [-0.2, -0.15) is 0 Å². The molecule has 0 heterocycles. The molecule has 70 valence electrons. The lowest BCUT2D eigenvalue weighted by Crippen LogP contribution is -2.43. The monoisotopic (exact) mass is 176 g/mol. The molecule has 6 heteroatoms. The van der Waals surface area contributed by atoms with Gasteiger partial charge in [-0.3, -0.25) is 20.2 Å². The lowest BCUT2D eigenvalue weighted by molar-refractivity contribution is -0.627. The summed E-state index contributed by atoms with van der Waals surface area (Å²) in [4.78, 5) is 19.5. The maximum atomic E-state index is 10.5. The summed E-state index contributed by atoms with van der Waals surface area (Å²) in [5.41, 5.74) is -1.37. The minimum Gasteiger partial charge on any atom is -0.264 e. The highest BCUT2D eigenvalue weighted by Crippen LogP contribution is 2.19. The first-order valence-electron chi connectivity index (χ1n) is 3.75. The predicted molar refractivity (Wildman–Crippen MR) is 42.2 cm³/mol. The normalized spacial score (nSPS) is 11.2. The predicted octanol–water partition coefficient (Wildman–Crippen LogP) is 1.10. The number of hydrogen-bond acceptors (Lipinski definition) is 4. The van der Waals surface area contributed by atoms with Gasteiger partial charge in [0, 0.05) is 22.7 Å². The lowest BCUT2D eigenvalue weighted by atomic mass is 9.94. The van der Waals surface area contributed by atoms with Crippen LogP contribution in [0.1, 0.15) is 26.7 Å². The van der Waals surface area contributed by atoms with Crippen LogP contribution in [0, 0.1) is 20.2 Å². The third kappa shape index (κ3) is 2.14. The van der Waals surface area contributed by atoms with Gasteiger partial charge in [-0.15, -0.1) is 0 Å². The molecule has 0 aliphatic heterocycles. The molecule has 0 aromatic rings. The van der Waals surface area contributed by atoms with Crippen LogP contribution in [-0.4, -0.2) is 21.9 Å². The molecule has 0 bridgehead atoms. The Bertz CT molecular complexity index is 188. The minimum absolute atomic E-state index is 0.192. The Kier molecular flexibility index (Phi) is 3.59. The Morgan fingerprint density at radius 1 is 1.17 bits per heavy atom. The molecule has 0 aliphatic carbocycles. The highest BCUT2D eigenvalue weighted by atomic mass is 16.6. The van der Waals surface area contributed by atoms with E-state index in [4.69, 9.17) is 0 Å². The quantitative estimate of drug-likeness (QED) is 0.463. The van der Waals surface area contributed by atoms with E-state index in [2.05, 4.69) is 0 Å². The molecular weight excluding hydrogens is 164 g/mol. The first-order valence-corrected chi connectivity index (χ1v) is 3.75. The molecule has 0 N–H and O–H groups in total. The van der Waals surface area contributed by atoms with Gasteiger partial charge in [0.25, 0.3) is 12.1 Å². The summed E-state index contributed by atoms with van der Waals surface area (Å²) < 4.78 is 0. The molecule has 0 aliphatic rings. The molecule has 0 rings (SSSR count). The van der Waals surface area contributed by atoms with Crippen molar-refractivity contribution in [1.29, 1.82) is 0 Å². The Morgan fingerprint density at radius 2 is 1.58 bits per heavy atom. The molecule has 0 fully saturated rings. The van der Waals surface area contributed by atoms with E-state index >= 15 is 0 Å². The van der Waals surface area contributed by atoms with E-state index in [0.29, 0.717) is 0 Å². The van der Waals surface area contributed by atoms with Gasteiger partial charge in [-0.05, 0) is 0 Å². The summed E-state index contributed by atoms with van der Waals surface area (Å²) in [6.07, 6.45) is 0.384. The topological polar surface area (TPSA) is 86.3 Å². The fraction of sp³-hybridized carbons (Fsp3) is 1.00. The van der Waals surface area contributed by atoms with E-state index in [1.54, 1.807) is 13.8 Å². The molecule has 0 unspecified atom stereocenters. The second kappa shape index (κ2) is 3.99. The van der Waals surface area contributed by atoms with E-state index < -0.39 is 21.9 Å². The van der Waals surface area contributed by atoms with Crippen LogP contribution in [0.15, 0.2) is 0 Å². The Hall–Kier alpha value is -1.20. The summed E-state index contributed by atoms with van der Waals surface area (Å²) >= 11 is 0. The van der Waals surface area contributed by atoms with E-state index in [1.165, 1.54) is 0 Å². The summed E-state index contributed by atoms with van der Waals surface area (Å²) in [5, 5.41) is 20.7. The maximum absolute atomic E-state index is 10.5. The number of hydrogen-bond donors (Lipinski definition) is 0. The standard InChI is InChI=1S/C6H12N2O4/c1-3-6(4-2,8(11)12)5-7(9)10/h3-5H2,1-2H3. The summed E-state index contributed by atoms with van der Waals surface area (Å²) in [5.74, 6) is 0. The third-order valence-electron chi connectivity index (χ3n) is 2.13. The van der Waals surface area contributed by atoms with Crippen LogP contribution in [0.4, 0.5) is 0 Å². The van der Waals surface area contributed by atoms with Crippen molar-refractivity contribution in [3.8, 4) is 0 Å². The van der Waals surface area contributed by atoms with Crippen LogP contribution in [0.3, 0.4) is 0 Å². The third-order valence-corrected chi connectivity index (χ3v) is 2.13. The zero-order valence-electron chi connectivity index (χ0n) is 7.15. The van der Waals surface area contributed by atoms with Gasteiger partial charge in [-0.1, -0.05) is 13.8 Å². The molecule has 6 nitrogen and oxygen atoms in total. The number of nitrogens with zero attached hydrogens (tertiary/aromatic N) is 2. The smallest absolute Gasteiger partial charge is 0.264 e. The van der Waals surface area contributed by atoms with Gasteiger partial charge in [0.2, 0.25) is 0 Å². The zero-order chi connectivity index (χ0) is 9.78. The van der Waals surface area contributed by atoms with Crippen LogP contribution in [0.2, 0.25) is 0 Å². The summed E-state index contributed by atoms with van der Waals surface area (Å²) in [6, 6.07) is 0. The molecule has 0 aromatic heterocycles. The molecule has 0 radical (unpaired) electrons. The van der Waals surface area contributed by atoms with Crippen LogP contribution < -0.4 is 0 Å². The molecule has 0 atom stereocenters. The SMILES string of the molecule is CCC(CC)(C[N+](=O)[O-])[N+](=O)[O-]. The van der Waals surface area contributed by atoms with Crippen molar-refractivity contribution in [3.63, 3.8) is 0 Å². The average molecular weight is 176 g/mol. The highest BCUT2D eigenvalue weighted by molar-refractivity contribution is 4.74. The van der Waals surface area contributed by atoms with Gasteiger partial charge in [0.05, 0.1) is 0 Å². The van der Waals surface area contributed by atoms with Crippen molar-refractivity contribution >= 4 is 0 Å². The van der Waals surface area contributed by atoms with Crippen molar-refractivity contribution in [1.82, 2.24) is 0 Å². The maximum Gasteiger partial charge on any atom is 0.284 e. The summed E-state index contributed by atoms with van der Waals surface area (Å²) in [6.45, 7) is 2.60. The second-order valence-corrected chi connectivity index (χ2v) is 2.68. The zero-order valence-corrected chi connectivity index (χ0v) is 7.15. The van der Waals surface area contributed by atoms with Gasteiger partial charge >= 0.3 is 0 Å². The Morgan fingerprint density at radius 3 is 1.67 bits per heavy atom. The Balaban J connectivity index is 4.58. The van der Waals surface area contributed by atoms with Crippen molar-refractivity contribution in [2.75, 3.05) is 6.54 Å². The molecule has 12 heavy (non-hydrogen) atoms. The van der Waals surface area contributed by atoms with Gasteiger partial charge in [-0.25, -0.2) is 0 Å². The van der Waals surface area contributed by atoms with E-state index in [1.807, 2.05) is 0 Å². The van der Waals surface area contributed by atoms with Crippen LogP contribution in [0.5, 0.6) is 0 Å². The average Bonchev–Trinajstić information content (AvgIpc) is 1.99. The van der Waals surface area contributed by atoms with E-state index in [9.17, 15) is 20.2 Å². The second-order valence-electron chi connectivity index (χ2n) is 2.68. The molecule has 0 amide bonds. The molecular formula is C6H12N2O4. The molecule has 0 saturated carbocycles. The summed E-state index contributed by atoms with van der Waals surface area (Å²) in [7, 11) is 0. The minimum atomic E-state index is -1.37. The van der Waals surface area contributed by atoms with Gasteiger partial charge in [0.1, 0.15) is 0 Å². The van der Waals surface area contributed by atoms with Gasteiger partial charge in [0.15, 0.2) is 0 Å².